The second-order valence-corrected chi connectivity index (χ2v) is 26.5. The summed E-state index contributed by atoms with van der Waals surface area (Å²) in [5.41, 5.74) is 5.13. The van der Waals surface area contributed by atoms with Gasteiger partial charge >= 0.3 is 7.12 Å². The van der Waals surface area contributed by atoms with Crippen LogP contribution in [0.3, 0.4) is 0 Å². The van der Waals surface area contributed by atoms with Gasteiger partial charge in [-0.1, -0.05) is 273 Å². The Balaban J connectivity index is 0.000000116. The molecule has 0 bridgehead atoms. The Hall–Kier alpha value is -11.6. The van der Waals surface area contributed by atoms with Crippen LogP contribution in [0, 0.1) is 0 Å². The van der Waals surface area contributed by atoms with E-state index < -0.39 is 0 Å². The van der Waals surface area contributed by atoms with Gasteiger partial charge in [-0.05, 0) is 183 Å². The van der Waals surface area contributed by atoms with Crippen molar-refractivity contribution in [2.24, 2.45) is 0 Å². The van der Waals surface area contributed by atoms with Crippen molar-refractivity contribution in [1.82, 2.24) is 29.9 Å². The highest BCUT2D eigenvalue weighted by Gasteiger charge is 2.51. The standard InChI is InChI=1S/C41H25N3.C24H23BO2.C23H14ClN3/c1-3-10-31-23-33(20-13-26(31)7-1)39-42-40(34-21-14-27-8-2-4-11-32(27)24-34)44-41(43-39)35-22-17-29-16-19-30-18-15-28-9-5-6-12-36(28)38(30)37(29)25-35;1-23(2)24(3,4)27-25(26-23)19-14-13-17-10-12-18-11-9-16-7-5-6-8-20(16)22(18)21(17)15-19;24-23-26-21(19-11-9-15-5-1-3-7-17(15)13-19)25-22(27-23)20-12-10-16-6-2-4-8-18(16)14-20/h1-25H;5-15H,1-4H3;1-14H. The molecular formula is C88H62BClN6O2. The van der Waals surface area contributed by atoms with Crippen molar-refractivity contribution in [3.8, 4) is 56.9 Å². The van der Waals surface area contributed by atoms with E-state index in [0.29, 0.717) is 29.1 Å². The van der Waals surface area contributed by atoms with E-state index in [0.717, 1.165) is 54.8 Å². The number of hydrogen-bond donors (Lipinski definition) is 0. The molecule has 0 aliphatic carbocycles. The van der Waals surface area contributed by atoms with Gasteiger partial charge in [0.25, 0.3) is 0 Å². The molecule has 3 heterocycles. The van der Waals surface area contributed by atoms with Gasteiger partial charge in [0.1, 0.15) is 0 Å². The lowest BCUT2D eigenvalue weighted by molar-refractivity contribution is 0.00578. The number of rotatable bonds is 6. The largest absolute Gasteiger partial charge is 0.494 e. The molecule has 1 aliphatic heterocycles. The molecule has 466 valence electrons. The molecule has 0 saturated carbocycles. The smallest absolute Gasteiger partial charge is 0.399 e. The van der Waals surface area contributed by atoms with Gasteiger partial charge in [-0.15, -0.1) is 0 Å². The van der Waals surface area contributed by atoms with Gasteiger partial charge in [0.15, 0.2) is 29.1 Å². The van der Waals surface area contributed by atoms with Gasteiger partial charge in [-0.3, -0.25) is 0 Å². The van der Waals surface area contributed by atoms with E-state index >= 15 is 0 Å². The Morgan fingerprint density at radius 2 is 0.500 bits per heavy atom. The Labute approximate surface area is 572 Å². The first kappa shape index (κ1) is 60.1. The fourth-order valence-electron chi connectivity index (χ4n) is 13.6. The summed E-state index contributed by atoms with van der Waals surface area (Å²) in [6, 6.07) is 106. The first-order valence-electron chi connectivity index (χ1n) is 33.1. The van der Waals surface area contributed by atoms with E-state index in [2.05, 4.69) is 310 Å². The maximum Gasteiger partial charge on any atom is 0.494 e. The van der Waals surface area contributed by atoms with Crippen LogP contribution in [0.4, 0.5) is 0 Å². The van der Waals surface area contributed by atoms with Crippen LogP contribution in [0.15, 0.2) is 303 Å². The molecule has 0 atom stereocenters. The number of fused-ring (bicyclic) bond motifs is 14. The molecule has 1 fully saturated rings. The summed E-state index contributed by atoms with van der Waals surface area (Å²) in [5.74, 6) is 3.12. The highest BCUT2D eigenvalue weighted by Crippen LogP contribution is 2.40. The van der Waals surface area contributed by atoms with E-state index in [1.54, 1.807) is 0 Å². The maximum absolute atomic E-state index is 6.28. The number of aromatic nitrogens is 6. The lowest BCUT2D eigenvalue weighted by Gasteiger charge is -2.32. The van der Waals surface area contributed by atoms with Crippen LogP contribution in [-0.4, -0.2) is 48.2 Å². The zero-order valence-electron chi connectivity index (χ0n) is 54.3. The minimum absolute atomic E-state index is 0.191. The number of halogens is 1. The SMILES string of the molecule is CC1(C)OB(c2ccc3ccc4ccc5ccccc5c4c3c2)OC1(C)C.Clc1nc(-c2ccc3ccccc3c2)nc(-c2ccc3ccccc3c2)n1.c1ccc2cc(-c3nc(-c4ccc5ccccc5c4)nc(-c4ccc5ccc6ccc7ccccc7c6c5c4)n3)ccc2c1. The topological polar surface area (TPSA) is 95.8 Å². The maximum atomic E-state index is 6.28. The third kappa shape index (κ3) is 11.4. The van der Waals surface area contributed by atoms with Crippen LogP contribution in [0.25, 0.3) is 165 Å². The molecule has 1 aliphatic rings. The zero-order chi connectivity index (χ0) is 66.1. The Bertz CT molecular complexity index is 5990. The molecule has 2 aromatic heterocycles. The average Bonchev–Trinajstić information content (AvgIpc) is 0.967. The Kier molecular flexibility index (Phi) is 15.1. The van der Waals surface area contributed by atoms with Crippen molar-refractivity contribution < 1.29 is 9.31 Å². The molecule has 0 N–H and O–H groups in total. The summed E-state index contributed by atoms with van der Waals surface area (Å²) in [5, 5.41) is 24.4. The van der Waals surface area contributed by atoms with Gasteiger partial charge in [0, 0.05) is 27.8 Å². The van der Waals surface area contributed by atoms with E-state index in [1.165, 1.54) is 86.2 Å². The van der Waals surface area contributed by atoms with Crippen molar-refractivity contribution in [2.45, 2.75) is 38.9 Å². The molecule has 0 spiro atoms. The molecule has 0 unspecified atom stereocenters. The van der Waals surface area contributed by atoms with Gasteiger partial charge < -0.3 is 9.31 Å². The van der Waals surface area contributed by atoms with Gasteiger partial charge in [-0.2, -0.15) is 9.97 Å². The fourth-order valence-corrected chi connectivity index (χ4v) is 13.8. The van der Waals surface area contributed by atoms with Crippen molar-refractivity contribution in [2.75, 3.05) is 0 Å². The summed E-state index contributed by atoms with van der Waals surface area (Å²) in [4.78, 5) is 28.6. The fraction of sp³-hybridized carbons (Fsp3) is 0.0682. The zero-order valence-corrected chi connectivity index (χ0v) is 55.1. The number of nitrogens with zero attached hydrogens (tertiary/aromatic N) is 6. The summed E-state index contributed by atoms with van der Waals surface area (Å²) >= 11 is 6.22. The van der Waals surface area contributed by atoms with Crippen LogP contribution in [0.2, 0.25) is 5.28 Å². The van der Waals surface area contributed by atoms with Gasteiger partial charge in [0.05, 0.1) is 11.2 Å². The molecular weight excluding hydrogens is 1220 g/mol. The van der Waals surface area contributed by atoms with Crippen LogP contribution >= 0.6 is 11.6 Å². The normalized spacial score (nSPS) is 13.4. The van der Waals surface area contributed by atoms with E-state index in [1.807, 2.05) is 36.4 Å². The second-order valence-electron chi connectivity index (χ2n) is 26.2. The average molecular weight is 1280 g/mol. The van der Waals surface area contributed by atoms with Crippen molar-refractivity contribution >= 4 is 132 Å². The van der Waals surface area contributed by atoms with Crippen LogP contribution < -0.4 is 5.46 Å². The molecule has 16 aromatic carbocycles. The van der Waals surface area contributed by atoms with Gasteiger partial charge in [-0.25, -0.2) is 19.9 Å². The molecule has 10 heteroatoms. The van der Waals surface area contributed by atoms with E-state index in [4.69, 9.17) is 35.9 Å². The molecule has 98 heavy (non-hydrogen) atoms. The number of hydrogen-bond acceptors (Lipinski definition) is 8. The summed E-state index contributed by atoms with van der Waals surface area (Å²) in [6.07, 6.45) is 0. The third-order valence-corrected chi connectivity index (χ3v) is 19.7. The molecule has 1 saturated heterocycles. The predicted octanol–water partition coefficient (Wildman–Crippen LogP) is 22.2. The van der Waals surface area contributed by atoms with Crippen molar-refractivity contribution in [3.63, 3.8) is 0 Å². The molecule has 18 aromatic rings. The first-order valence-corrected chi connectivity index (χ1v) is 33.5. The van der Waals surface area contributed by atoms with E-state index in [9.17, 15) is 0 Å². The third-order valence-electron chi connectivity index (χ3n) is 19.5. The minimum atomic E-state index is -0.343. The monoisotopic (exact) mass is 1280 g/mol. The van der Waals surface area contributed by atoms with Crippen LogP contribution in [-0.2, 0) is 9.31 Å². The lowest BCUT2D eigenvalue weighted by atomic mass is 9.77. The second kappa shape index (κ2) is 24.6. The number of benzene rings is 16. The Morgan fingerprint density at radius 3 is 0.867 bits per heavy atom. The lowest BCUT2D eigenvalue weighted by Crippen LogP contribution is -2.41. The van der Waals surface area contributed by atoms with E-state index in [-0.39, 0.29) is 23.6 Å². The highest BCUT2D eigenvalue weighted by molar-refractivity contribution is 6.62. The van der Waals surface area contributed by atoms with Crippen molar-refractivity contribution in [3.05, 3.63) is 309 Å². The van der Waals surface area contributed by atoms with Crippen molar-refractivity contribution in [1.29, 1.82) is 0 Å². The highest BCUT2D eigenvalue weighted by atomic mass is 35.5. The van der Waals surface area contributed by atoms with Crippen LogP contribution in [0.5, 0.6) is 0 Å². The molecule has 8 nitrogen and oxygen atoms in total. The Morgan fingerprint density at radius 1 is 0.245 bits per heavy atom. The summed E-state index contributed by atoms with van der Waals surface area (Å²) in [7, 11) is -0.343. The van der Waals surface area contributed by atoms with Gasteiger partial charge in [0.2, 0.25) is 5.28 Å². The molecule has 0 radical (unpaired) electrons. The van der Waals surface area contributed by atoms with Crippen LogP contribution in [0.1, 0.15) is 27.7 Å². The first-order chi connectivity index (χ1) is 47.9. The molecule has 19 rings (SSSR count). The minimum Gasteiger partial charge on any atom is -0.399 e. The summed E-state index contributed by atoms with van der Waals surface area (Å²) < 4.78 is 12.6. The molecule has 0 amide bonds. The summed E-state index contributed by atoms with van der Waals surface area (Å²) in [6.45, 7) is 8.38. The quantitative estimate of drug-likeness (QED) is 0.120. The predicted molar refractivity (Wildman–Crippen MR) is 409 cm³/mol.